The number of hydrogen-bond donors (Lipinski definition) is 0. The molecule has 1 aromatic carbocycles. The van der Waals surface area contributed by atoms with Gasteiger partial charge in [-0.15, -0.1) is 0 Å². The number of methoxy groups -OCH3 is 1. The first-order valence-corrected chi connectivity index (χ1v) is 8.76. The zero-order valence-corrected chi connectivity index (χ0v) is 14.8. The molecule has 4 rings (SSSR count). The normalized spacial score (nSPS) is 18.1. The van der Waals surface area contributed by atoms with E-state index in [-0.39, 0.29) is 6.04 Å². The van der Waals surface area contributed by atoms with E-state index < -0.39 is 11.9 Å². The zero-order chi connectivity index (χ0) is 19.0. The standard InChI is InChI=1S/C19H19F3N4O/c1-27-15-5-6-16-13(11-15)4-7-18(23-16)25-9-2-3-14(12-25)26-10-8-17(24-26)19(20,21)22/h4-8,10-11,14H,2-3,9,12H2,1H3. The summed E-state index contributed by atoms with van der Waals surface area (Å²) in [5.41, 5.74) is 0.00581. The van der Waals surface area contributed by atoms with E-state index in [9.17, 15) is 13.2 Å². The van der Waals surface area contributed by atoms with E-state index in [1.54, 1.807) is 7.11 Å². The number of hydrogen-bond acceptors (Lipinski definition) is 4. The number of nitrogens with zero attached hydrogens (tertiary/aromatic N) is 4. The third-order valence-electron chi connectivity index (χ3n) is 4.88. The Morgan fingerprint density at radius 2 is 2.00 bits per heavy atom. The maximum Gasteiger partial charge on any atom is 0.435 e. The molecule has 0 N–H and O–H groups in total. The van der Waals surface area contributed by atoms with Crippen molar-refractivity contribution in [3.05, 3.63) is 48.3 Å². The smallest absolute Gasteiger partial charge is 0.435 e. The summed E-state index contributed by atoms with van der Waals surface area (Å²) < 4.78 is 45.1. The van der Waals surface area contributed by atoms with E-state index in [4.69, 9.17) is 9.72 Å². The monoisotopic (exact) mass is 376 g/mol. The number of aromatic nitrogens is 3. The summed E-state index contributed by atoms with van der Waals surface area (Å²) in [5.74, 6) is 1.59. The second-order valence-corrected chi connectivity index (χ2v) is 6.65. The van der Waals surface area contributed by atoms with Crippen molar-refractivity contribution in [3.8, 4) is 5.75 Å². The molecule has 2 aromatic heterocycles. The molecule has 0 spiro atoms. The number of anilines is 1. The van der Waals surface area contributed by atoms with Gasteiger partial charge in [0.05, 0.1) is 18.7 Å². The van der Waals surface area contributed by atoms with Gasteiger partial charge in [0, 0.05) is 24.7 Å². The molecule has 142 valence electrons. The van der Waals surface area contributed by atoms with Crippen LogP contribution < -0.4 is 9.64 Å². The lowest BCUT2D eigenvalue weighted by Gasteiger charge is -2.33. The van der Waals surface area contributed by atoms with E-state index in [2.05, 4.69) is 10.00 Å². The molecule has 0 radical (unpaired) electrons. The van der Waals surface area contributed by atoms with Crippen LogP contribution >= 0.6 is 0 Å². The summed E-state index contributed by atoms with van der Waals surface area (Å²) >= 11 is 0. The fourth-order valence-electron chi connectivity index (χ4n) is 3.47. The summed E-state index contributed by atoms with van der Waals surface area (Å²) in [4.78, 5) is 6.81. The minimum absolute atomic E-state index is 0.108. The highest BCUT2D eigenvalue weighted by Gasteiger charge is 2.34. The van der Waals surface area contributed by atoms with Crippen LogP contribution in [0.5, 0.6) is 5.75 Å². The van der Waals surface area contributed by atoms with E-state index in [0.29, 0.717) is 6.54 Å². The van der Waals surface area contributed by atoms with Gasteiger partial charge in [-0.1, -0.05) is 0 Å². The van der Waals surface area contributed by atoms with Gasteiger partial charge in [0.15, 0.2) is 5.69 Å². The van der Waals surface area contributed by atoms with Gasteiger partial charge in [-0.3, -0.25) is 4.68 Å². The quantitative estimate of drug-likeness (QED) is 0.684. The van der Waals surface area contributed by atoms with Crippen LogP contribution in [0.3, 0.4) is 0 Å². The number of pyridine rings is 1. The van der Waals surface area contributed by atoms with Crippen LogP contribution in [-0.2, 0) is 6.18 Å². The molecule has 3 heterocycles. The van der Waals surface area contributed by atoms with Gasteiger partial charge in [0.1, 0.15) is 11.6 Å². The average Bonchev–Trinajstić information content (AvgIpc) is 3.18. The SMILES string of the molecule is COc1ccc2nc(N3CCCC(n4ccc(C(F)(F)F)n4)C3)ccc2c1. The molecule has 5 nitrogen and oxygen atoms in total. The fraction of sp³-hybridized carbons (Fsp3) is 0.368. The second-order valence-electron chi connectivity index (χ2n) is 6.65. The molecule has 3 aromatic rings. The number of piperidine rings is 1. The predicted octanol–water partition coefficient (Wildman–Crippen LogP) is 4.30. The minimum Gasteiger partial charge on any atom is -0.497 e. The Kier molecular flexibility index (Phi) is 4.41. The highest BCUT2D eigenvalue weighted by atomic mass is 19.4. The Bertz CT molecular complexity index is 954. The Morgan fingerprint density at radius 3 is 2.74 bits per heavy atom. The highest BCUT2D eigenvalue weighted by molar-refractivity contribution is 5.81. The Balaban J connectivity index is 1.56. The molecule has 0 amide bonds. The molecule has 0 aliphatic carbocycles. The molecular weight excluding hydrogens is 357 g/mol. The van der Waals surface area contributed by atoms with Crippen LogP contribution in [0.2, 0.25) is 0 Å². The van der Waals surface area contributed by atoms with Crippen LogP contribution in [-0.4, -0.2) is 35.0 Å². The fourth-order valence-corrected chi connectivity index (χ4v) is 3.47. The van der Waals surface area contributed by atoms with Crippen molar-refractivity contribution in [3.63, 3.8) is 0 Å². The average molecular weight is 376 g/mol. The summed E-state index contributed by atoms with van der Waals surface area (Å²) in [7, 11) is 1.62. The summed E-state index contributed by atoms with van der Waals surface area (Å²) in [6.07, 6.45) is -1.34. The van der Waals surface area contributed by atoms with E-state index >= 15 is 0 Å². The van der Waals surface area contributed by atoms with Crippen molar-refractivity contribution in [2.24, 2.45) is 0 Å². The number of rotatable bonds is 3. The molecule has 1 atom stereocenters. The first-order chi connectivity index (χ1) is 12.9. The third-order valence-corrected chi connectivity index (χ3v) is 4.88. The number of ether oxygens (including phenoxy) is 1. The molecule has 1 aliphatic heterocycles. The number of halogens is 3. The van der Waals surface area contributed by atoms with Crippen LogP contribution in [0.25, 0.3) is 10.9 Å². The van der Waals surface area contributed by atoms with Gasteiger partial charge >= 0.3 is 6.18 Å². The maximum absolute atomic E-state index is 12.8. The molecule has 1 saturated heterocycles. The van der Waals surface area contributed by atoms with Gasteiger partial charge in [-0.2, -0.15) is 18.3 Å². The molecule has 1 aliphatic rings. The van der Waals surface area contributed by atoms with Crippen molar-refractivity contribution < 1.29 is 17.9 Å². The highest BCUT2D eigenvalue weighted by Crippen LogP contribution is 2.31. The second kappa shape index (κ2) is 6.75. The molecule has 8 heteroatoms. The number of fused-ring (bicyclic) bond motifs is 1. The molecule has 0 saturated carbocycles. The predicted molar refractivity (Wildman–Crippen MR) is 96.0 cm³/mol. The number of alkyl halides is 3. The van der Waals surface area contributed by atoms with Crippen LogP contribution in [0, 0.1) is 0 Å². The Morgan fingerprint density at radius 1 is 1.15 bits per heavy atom. The van der Waals surface area contributed by atoms with E-state index in [1.807, 2.05) is 30.3 Å². The lowest BCUT2D eigenvalue weighted by Crippen LogP contribution is -2.37. The summed E-state index contributed by atoms with van der Waals surface area (Å²) in [6, 6.07) is 10.5. The van der Waals surface area contributed by atoms with Gasteiger partial charge in [-0.05, 0) is 49.2 Å². The Hall–Kier alpha value is -2.77. The largest absolute Gasteiger partial charge is 0.497 e. The summed E-state index contributed by atoms with van der Waals surface area (Å²) in [6.45, 7) is 1.40. The first-order valence-electron chi connectivity index (χ1n) is 8.76. The first kappa shape index (κ1) is 17.6. The van der Waals surface area contributed by atoms with E-state index in [0.717, 1.165) is 47.9 Å². The third kappa shape index (κ3) is 3.56. The molecule has 1 unspecified atom stereocenters. The molecule has 27 heavy (non-hydrogen) atoms. The molecular formula is C19H19F3N4O. The van der Waals surface area contributed by atoms with Gasteiger partial charge in [0.25, 0.3) is 0 Å². The Labute approximate surface area is 154 Å². The molecule has 1 fully saturated rings. The van der Waals surface area contributed by atoms with E-state index in [1.165, 1.54) is 10.9 Å². The van der Waals surface area contributed by atoms with Gasteiger partial charge in [0.2, 0.25) is 0 Å². The van der Waals surface area contributed by atoms with Crippen LogP contribution in [0.4, 0.5) is 19.0 Å². The van der Waals surface area contributed by atoms with Crippen LogP contribution in [0.1, 0.15) is 24.6 Å². The van der Waals surface area contributed by atoms with Gasteiger partial charge in [-0.25, -0.2) is 4.98 Å². The maximum atomic E-state index is 12.8. The topological polar surface area (TPSA) is 43.2 Å². The van der Waals surface area contributed by atoms with Gasteiger partial charge < -0.3 is 9.64 Å². The number of benzene rings is 1. The van der Waals surface area contributed by atoms with Crippen molar-refractivity contribution in [1.29, 1.82) is 0 Å². The van der Waals surface area contributed by atoms with Crippen molar-refractivity contribution in [2.75, 3.05) is 25.1 Å². The lowest BCUT2D eigenvalue weighted by molar-refractivity contribution is -0.141. The zero-order valence-electron chi connectivity index (χ0n) is 14.8. The molecule has 0 bridgehead atoms. The minimum atomic E-state index is -4.42. The van der Waals surface area contributed by atoms with Crippen molar-refractivity contribution >= 4 is 16.7 Å². The lowest BCUT2D eigenvalue weighted by atomic mass is 10.1. The summed E-state index contributed by atoms with van der Waals surface area (Å²) in [5, 5.41) is 4.71. The van der Waals surface area contributed by atoms with Crippen molar-refractivity contribution in [1.82, 2.24) is 14.8 Å². The van der Waals surface area contributed by atoms with Crippen LogP contribution in [0.15, 0.2) is 42.6 Å². The van der Waals surface area contributed by atoms with Crippen molar-refractivity contribution in [2.45, 2.75) is 25.1 Å².